The highest BCUT2D eigenvalue weighted by atomic mass is 35.5. The van der Waals surface area contributed by atoms with E-state index in [-0.39, 0.29) is 11.8 Å². The molecular formula is C13H18ClNO2. The lowest BCUT2D eigenvalue weighted by atomic mass is 10.0. The van der Waals surface area contributed by atoms with Gasteiger partial charge in [0.1, 0.15) is 0 Å². The topological polar surface area (TPSA) is 49.3 Å². The summed E-state index contributed by atoms with van der Waals surface area (Å²) in [5.74, 6) is -0.182. The highest BCUT2D eigenvalue weighted by Crippen LogP contribution is 2.14. The van der Waals surface area contributed by atoms with Crippen molar-refractivity contribution in [2.24, 2.45) is 5.92 Å². The zero-order valence-corrected chi connectivity index (χ0v) is 10.9. The van der Waals surface area contributed by atoms with E-state index in [4.69, 9.17) is 16.7 Å². The van der Waals surface area contributed by atoms with E-state index in [2.05, 4.69) is 5.32 Å². The Morgan fingerprint density at radius 2 is 2.18 bits per heavy atom. The summed E-state index contributed by atoms with van der Waals surface area (Å²) in [7, 11) is 0. The van der Waals surface area contributed by atoms with Crippen LogP contribution in [0.15, 0.2) is 24.3 Å². The predicted octanol–water partition coefficient (Wildman–Crippen LogP) is 2.02. The molecule has 1 rings (SSSR count). The first-order valence-corrected chi connectivity index (χ1v) is 6.07. The lowest BCUT2D eigenvalue weighted by Crippen LogP contribution is -2.35. The van der Waals surface area contributed by atoms with Crippen molar-refractivity contribution in [3.8, 4) is 0 Å². The van der Waals surface area contributed by atoms with E-state index < -0.39 is 6.10 Å². The third kappa shape index (κ3) is 5.20. The highest BCUT2D eigenvalue weighted by Gasteiger charge is 2.13. The first kappa shape index (κ1) is 14.0. The van der Waals surface area contributed by atoms with Gasteiger partial charge >= 0.3 is 0 Å². The Morgan fingerprint density at radius 3 is 2.76 bits per heavy atom. The Bertz CT molecular complexity index is 379. The third-order valence-electron chi connectivity index (χ3n) is 2.45. The number of benzene rings is 1. The minimum absolute atomic E-state index is 0.0501. The van der Waals surface area contributed by atoms with Crippen LogP contribution >= 0.6 is 11.6 Å². The number of nitrogens with one attached hydrogen (secondary N) is 1. The fourth-order valence-corrected chi connectivity index (χ4v) is 1.75. The molecule has 0 aliphatic heterocycles. The third-order valence-corrected chi connectivity index (χ3v) is 2.69. The van der Waals surface area contributed by atoms with Gasteiger partial charge in [-0.25, -0.2) is 0 Å². The van der Waals surface area contributed by atoms with Crippen LogP contribution < -0.4 is 5.32 Å². The van der Waals surface area contributed by atoms with Crippen LogP contribution in [0.25, 0.3) is 0 Å². The van der Waals surface area contributed by atoms with Gasteiger partial charge in [-0.05, 0) is 31.0 Å². The van der Waals surface area contributed by atoms with E-state index in [0.717, 1.165) is 5.56 Å². The van der Waals surface area contributed by atoms with Crippen LogP contribution in [0.2, 0.25) is 5.02 Å². The van der Waals surface area contributed by atoms with E-state index in [1.54, 1.807) is 6.92 Å². The van der Waals surface area contributed by atoms with Crippen molar-refractivity contribution in [1.29, 1.82) is 0 Å². The van der Waals surface area contributed by atoms with Crippen LogP contribution in [0.1, 0.15) is 19.4 Å². The second kappa shape index (κ2) is 6.62. The first-order chi connectivity index (χ1) is 7.99. The number of aliphatic hydroxyl groups is 1. The number of amides is 1. The van der Waals surface area contributed by atoms with Gasteiger partial charge in [-0.3, -0.25) is 4.79 Å². The molecular weight excluding hydrogens is 238 g/mol. The Hall–Kier alpha value is -1.06. The normalized spacial score (nSPS) is 14.1. The minimum Gasteiger partial charge on any atom is -0.392 e. The summed E-state index contributed by atoms with van der Waals surface area (Å²) in [6.07, 6.45) is 0.129. The quantitative estimate of drug-likeness (QED) is 0.846. The number of rotatable bonds is 5. The van der Waals surface area contributed by atoms with Crippen molar-refractivity contribution in [3.05, 3.63) is 34.9 Å². The molecule has 0 spiro atoms. The van der Waals surface area contributed by atoms with Gasteiger partial charge in [-0.15, -0.1) is 0 Å². The standard InChI is InChI=1S/C13H18ClNO2/c1-9(13(17)15-8-10(2)16)6-11-4-3-5-12(14)7-11/h3-5,7,9-10,16H,6,8H2,1-2H3,(H,15,17). The average molecular weight is 256 g/mol. The number of carbonyl (C=O) groups is 1. The molecule has 0 aliphatic carbocycles. The summed E-state index contributed by atoms with van der Waals surface area (Å²) < 4.78 is 0. The molecule has 4 heteroatoms. The van der Waals surface area contributed by atoms with Crippen LogP contribution in [0.5, 0.6) is 0 Å². The molecule has 0 saturated heterocycles. The van der Waals surface area contributed by atoms with E-state index in [1.807, 2.05) is 31.2 Å². The molecule has 0 aliphatic rings. The van der Waals surface area contributed by atoms with Gasteiger partial charge in [-0.2, -0.15) is 0 Å². The summed E-state index contributed by atoms with van der Waals surface area (Å²) in [5.41, 5.74) is 1.04. The molecule has 0 saturated carbocycles. The summed E-state index contributed by atoms with van der Waals surface area (Å²) >= 11 is 5.88. The van der Waals surface area contributed by atoms with Crippen LogP contribution in [-0.4, -0.2) is 23.7 Å². The van der Waals surface area contributed by atoms with E-state index >= 15 is 0 Å². The monoisotopic (exact) mass is 255 g/mol. The van der Waals surface area contributed by atoms with Crippen molar-refractivity contribution in [1.82, 2.24) is 5.32 Å². The van der Waals surface area contributed by atoms with Crippen molar-refractivity contribution >= 4 is 17.5 Å². The van der Waals surface area contributed by atoms with Gasteiger partial charge in [0.2, 0.25) is 5.91 Å². The van der Waals surface area contributed by atoms with Crippen LogP contribution in [0.4, 0.5) is 0 Å². The van der Waals surface area contributed by atoms with Crippen LogP contribution in [0.3, 0.4) is 0 Å². The lowest BCUT2D eigenvalue weighted by Gasteiger charge is -2.13. The van der Waals surface area contributed by atoms with Gasteiger partial charge in [0.15, 0.2) is 0 Å². The summed E-state index contributed by atoms with van der Waals surface area (Å²) in [5, 5.41) is 12.5. The highest BCUT2D eigenvalue weighted by molar-refractivity contribution is 6.30. The molecule has 2 unspecified atom stereocenters. The van der Waals surface area contributed by atoms with Crippen molar-refractivity contribution in [2.75, 3.05) is 6.54 Å². The molecule has 94 valence electrons. The molecule has 17 heavy (non-hydrogen) atoms. The molecule has 0 heterocycles. The maximum Gasteiger partial charge on any atom is 0.223 e. The molecule has 0 bridgehead atoms. The van der Waals surface area contributed by atoms with Crippen LogP contribution in [0, 0.1) is 5.92 Å². The smallest absolute Gasteiger partial charge is 0.223 e. The number of carbonyl (C=O) groups excluding carboxylic acids is 1. The molecule has 1 aromatic carbocycles. The van der Waals surface area contributed by atoms with Gasteiger partial charge < -0.3 is 10.4 Å². The molecule has 0 aromatic heterocycles. The number of aliphatic hydroxyl groups excluding tert-OH is 1. The maximum absolute atomic E-state index is 11.7. The molecule has 2 atom stereocenters. The zero-order chi connectivity index (χ0) is 12.8. The molecule has 3 nitrogen and oxygen atoms in total. The fraction of sp³-hybridized carbons (Fsp3) is 0.462. The summed E-state index contributed by atoms with van der Waals surface area (Å²) in [6.45, 7) is 3.79. The average Bonchev–Trinajstić information content (AvgIpc) is 2.25. The zero-order valence-electron chi connectivity index (χ0n) is 10.1. The van der Waals surface area contributed by atoms with Crippen molar-refractivity contribution in [2.45, 2.75) is 26.4 Å². The van der Waals surface area contributed by atoms with Crippen molar-refractivity contribution in [3.63, 3.8) is 0 Å². The van der Waals surface area contributed by atoms with E-state index in [0.29, 0.717) is 18.0 Å². The summed E-state index contributed by atoms with van der Waals surface area (Å²) in [6, 6.07) is 7.49. The molecule has 2 N–H and O–H groups in total. The van der Waals surface area contributed by atoms with Gasteiger partial charge in [-0.1, -0.05) is 30.7 Å². The Kier molecular flexibility index (Phi) is 5.45. The lowest BCUT2D eigenvalue weighted by molar-refractivity contribution is -0.124. The first-order valence-electron chi connectivity index (χ1n) is 5.69. The largest absolute Gasteiger partial charge is 0.392 e. The molecule has 0 radical (unpaired) electrons. The maximum atomic E-state index is 11.7. The van der Waals surface area contributed by atoms with Crippen LogP contribution in [-0.2, 0) is 11.2 Å². The number of hydrogen-bond acceptors (Lipinski definition) is 2. The van der Waals surface area contributed by atoms with Crippen molar-refractivity contribution < 1.29 is 9.90 Å². The second-order valence-electron chi connectivity index (χ2n) is 4.33. The Labute approximate surface area is 107 Å². The SMILES string of the molecule is CC(O)CNC(=O)C(C)Cc1cccc(Cl)c1. The Morgan fingerprint density at radius 1 is 1.47 bits per heavy atom. The van der Waals surface area contributed by atoms with E-state index in [1.165, 1.54) is 0 Å². The second-order valence-corrected chi connectivity index (χ2v) is 4.77. The van der Waals surface area contributed by atoms with Gasteiger partial charge in [0, 0.05) is 17.5 Å². The molecule has 1 aromatic rings. The number of halogens is 1. The Balaban J connectivity index is 2.48. The predicted molar refractivity (Wildman–Crippen MR) is 69.0 cm³/mol. The molecule has 0 fully saturated rings. The van der Waals surface area contributed by atoms with E-state index in [9.17, 15) is 4.79 Å². The minimum atomic E-state index is -0.516. The van der Waals surface area contributed by atoms with Gasteiger partial charge in [0.05, 0.1) is 6.10 Å². The number of hydrogen-bond donors (Lipinski definition) is 2. The van der Waals surface area contributed by atoms with Gasteiger partial charge in [0.25, 0.3) is 0 Å². The molecule has 1 amide bonds. The summed E-state index contributed by atoms with van der Waals surface area (Å²) in [4.78, 5) is 11.7. The fourth-order valence-electron chi connectivity index (χ4n) is 1.53.